The second kappa shape index (κ2) is 8.01. The molecule has 2 aromatic rings. The number of hydrazine groups is 1. The van der Waals surface area contributed by atoms with Crippen LogP contribution in [0.1, 0.15) is 16.1 Å². The van der Waals surface area contributed by atoms with Crippen molar-refractivity contribution in [3.8, 4) is 0 Å². The molecule has 140 valence electrons. The highest BCUT2D eigenvalue weighted by atomic mass is 79.9. The minimum atomic E-state index is -3.89. The highest BCUT2D eigenvalue weighted by Crippen LogP contribution is 2.22. The van der Waals surface area contributed by atoms with E-state index in [2.05, 4.69) is 31.2 Å². The number of ether oxygens (including phenoxy) is 1. The van der Waals surface area contributed by atoms with E-state index < -0.39 is 15.9 Å². The Hall–Kier alpha value is -1.53. The van der Waals surface area contributed by atoms with Crippen molar-refractivity contribution in [1.29, 1.82) is 0 Å². The summed E-state index contributed by atoms with van der Waals surface area (Å²) in [5, 5.41) is 2.31. The standard InChI is InChI=1S/C15H17BrN4O4S2/c1-10-2-3-11(16)8-13(10)26(22,23)19-18-14(21)12-9-25-15(17-12)20-4-6-24-7-5-20/h2-3,8-9,19H,4-7H2,1H3,(H,18,21). The van der Waals surface area contributed by atoms with Crippen LogP contribution in [0.4, 0.5) is 5.13 Å². The number of nitrogens with one attached hydrogen (secondary N) is 2. The molecule has 1 aromatic heterocycles. The fourth-order valence-electron chi connectivity index (χ4n) is 2.36. The van der Waals surface area contributed by atoms with Gasteiger partial charge in [-0.25, -0.2) is 13.4 Å². The lowest BCUT2D eigenvalue weighted by atomic mass is 10.2. The fraction of sp³-hybridized carbons (Fsp3) is 0.333. The Kier molecular flexibility index (Phi) is 5.92. The summed E-state index contributed by atoms with van der Waals surface area (Å²) in [6, 6.07) is 4.90. The molecule has 1 amide bonds. The molecule has 3 rings (SSSR count). The Morgan fingerprint density at radius 3 is 2.81 bits per heavy atom. The number of rotatable bonds is 5. The third-order valence-electron chi connectivity index (χ3n) is 3.74. The number of carbonyl (C=O) groups excluding carboxylic acids is 1. The summed E-state index contributed by atoms with van der Waals surface area (Å²) < 4.78 is 30.7. The summed E-state index contributed by atoms with van der Waals surface area (Å²) in [6.07, 6.45) is 0. The molecule has 8 nitrogen and oxygen atoms in total. The quantitative estimate of drug-likeness (QED) is 0.658. The topological polar surface area (TPSA) is 101 Å². The molecule has 1 aliphatic heterocycles. The van der Waals surface area contributed by atoms with Crippen LogP contribution in [0.15, 0.2) is 32.9 Å². The maximum Gasteiger partial charge on any atom is 0.285 e. The lowest BCUT2D eigenvalue weighted by Gasteiger charge is -2.25. The van der Waals surface area contributed by atoms with Gasteiger partial charge >= 0.3 is 0 Å². The maximum atomic E-state index is 12.4. The predicted octanol–water partition coefficient (Wildman–Crippen LogP) is 1.67. The second-order valence-electron chi connectivity index (χ2n) is 5.58. The molecule has 0 unspecified atom stereocenters. The van der Waals surface area contributed by atoms with Gasteiger partial charge in [0.2, 0.25) is 0 Å². The molecule has 11 heteroatoms. The third kappa shape index (κ3) is 4.41. The molecule has 1 aliphatic rings. The summed E-state index contributed by atoms with van der Waals surface area (Å²) in [7, 11) is -3.89. The Morgan fingerprint density at radius 1 is 1.35 bits per heavy atom. The van der Waals surface area contributed by atoms with Crippen molar-refractivity contribution < 1.29 is 17.9 Å². The molecule has 0 aliphatic carbocycles. The minimum Gasteiger partial charge on any atom is -0.378 e. The van der Waals surface area contributed by atoms with E-state index in [1.54, 1.807) is 24.4 Å². The molecule has 0 bridgehead atoms. The van der Waals surface area contributed by atoms with Gasteiger partial charge in [-0.2, -0.15) is 0 Å². The number of amides is 1. The molecule has 0 radical (unpaired) electrons. The van der Waals surface area contributed by atoms with Crippen molar-refractivity contribution in [2.75, 3.05) is 31.2 Å². The molecule has 26 heavy (non-hydrogen) atoms. The van der Waals surface area contributed by atoms with Crippen LogP contribution in [-0.4, -0.2) is 45.6 Å². The van der Waals surface area contributed by atoms with Crippen molar-refractivity contribution in [1.82, 2.24) is 15.2 Å². The number of morpholine rings is 1. The van der Waals surface area contributed by atoms with Gasteiger partial charge < -0.3 is 9.64 Å². The number of benzene rings is 1. The van der Waals surface area contributed by atoms with Gasteiger partial charge in [-0.3, -0.25) is 10.2 Å². The summed E-state index contributed by atoms with van der Waals surface area (Å²) in [5.74, 6) is -0.614. The van der Waals surface area contributed by atoms with E-state index in [0.29, 0.717) is 41.5 Å². The zero-order chi connectivity index (χ0) is 18.7. The van der Waals surface area contributed by atoms with Crippen LogP contribution in [0.2, 0.25) is 0 Å². The molecule has 0 spiro atoms. The van der Waals surface area contributed by atoms with Crippen molar-refractivity contribution in [3.05, 3.63) is 39.3 Å². The van der Waals surface area contributed by atoms with E-state index in [1.165, 1.54) is 17.4 Å². The number of hydrogen-bond acceptors (Lipinski definition) is 7. The lowest BCUT2D eigenvalue weighted by Crippen LogP contribution is -2.42. The van der Waals surface area contributed by atoms with Gasteiger partial charge in [0.1, 0.15) is 5.69 Å². The second-order valence-corrected chi connectivity index (χ2v) is 8.99. The van der Waals surface area contributed by atoms with Crippen LogP contribution in [0.3, 0.4) is 0 Å². The average Bonchev–Trinajstić information content (AvgIpc) is 3.13. The third-order valence-corrected chi connectivity index (χ3v) is 6.53. The zero-order valence-electron chi connectivity index (χ0n) is 13.9. The highest BCUT2D eigenvalue weighted by Gasteiger charge is 2.21. The molecule has 2 N–H and O–H groups in total. The minimum absolute atomic E-state index is 0.0828. The van der Waals surface area contributed by atoms with Gasteiger partial charge in [0.15, 0.2) is 5.13 Å². The number of anilines is 1. The van der Waals surface area contributed by atoms with Crippen LogP contribution in [0.5, 0.6) is 0 Å². The smallest absolute Gasteiger partial charge is 0.285 e. The summed E-state index contributed by atoms with van der Waals surface area (Å²) in [5.41, 5.74) is 2.93. The maximum absolute atomic E-state index is 12.4. The number of aromatic nitrogens is 1. The number of halogens is 1. The zero-order valence-corrected chi connectivity index (χ0v) is 17.1. The van der Waals surface area contributed by atoms with Crippen LogP contribution in [0.25, 0.3) is 0 Å². The summed E-state index contributed by atoms with van der Waals surface area (Å²) in [6.45, 7) is 4.34. The highest BCUT2D eigenvalue weighted by molar-refractivity contribution is 9.10. The van der Waals surface area contributed by atoms with Crippen molar-refractivity contribution >= 4 is 48.3 Å². The van der Waals surface area contributed by atoms with Crippen LogP contribution in [-0.2, 0) is 14.8 Å². The normalized spacial score (nSPS) is 15.1. The first-order valence-corrected chi connectivity index (χ1v) is 10.9. The fourth-order valence-corrected chi connectivity index (χ4v) is 4.85. The Bertz CT molecular complexity index is 910. The molecule has 2 heterocycles. The predicted molar refractivity (Wildman–Crippen MR) is 102 cm³/mol. The first-order chi connectivity index (χ1) is 12.4. The van der Waals surface area contributed by atoms with Crippen LogP contribution in [0, 0.1) is 6.92 Å². The average molecular weight is 461 g/mol. The van der Waals surface area contributed by atoms with Gasteiger partial charge in [0.05, 0.1) is 18.1 Å². The first kappa shape index (κ1) is 19.2. The van der Waals surface area contributed by atoms with Gasteiger partial charge in [0, 0.05) is 22.9 Å². The van der Waals surface area contributed by atoms with Crippen molar-refractivity contribution in [2.24, 2.45) is 0 Å². The van der Waals surface area contributed by atoms with Gasteiger partial charge in [-0.05, 0) is 24.6 Å². The summed E-state index contributed by atoms with van der Waals surface area (Å²) in [4.78, 5) is 20.7. The Morgan fingerprint density at radius 2 is 2.08 bits per heavy atom. The van der Waals surface area contributed by atoms with E-state index in [0.717, 1.165) is 0 Å². The Labute approximate surface area is 163 Å². The van der Waals surface area contributed by atoms with E-state index in [4.69, 9.17) is 4.74 Å². The number of carbonyl (C=O) groups is 1. The number of hydrogen-bond donors (Lipinski definition) is 2. The first-order valence-electron chi connectivity index (χ1n) is 7.73. The van der Waals surface area contributed by atoms with Crippen molar-refractivity contribution in [3.63, 3.8) is 0 Å². The number of sulfonamides is 1. The van der Waals surface area contributed by atoms with Gasteiger partial charge in [-0.1, -0.05) is 22.0 Å². The Balaban J connectivity index is 1.66. The van der Waals surface area contributed by atoms with E-state index in [9.17, 15) is 13.2 Å². The monoisotopic (exact) mass is 460 g/mol. The van der Waals surface area contributed by atoms with Crippen molar-refractivity contribution in [2.45, 2.75) is 11.8 Å². The molecular formula is C15H17BrN4O4S2. The van der Waals surface area contributed by atoms with Crippen LogP contribution >= 0.6 is 27.3 Å². The number of aryl methyl sites for hydroxylation is 1. The van der Waals surface area contributed by atoms with E-state index >= 15 is 0 Å². The molecule has 0 saturated carbocycles. The number of thiazole rings is 1. The summed E-state index contributed by atoms with van der Waals surface area (Å²) >= 11 is 4.58. The largest absolute Gasteiger partial charge is 0.378 e. The lowest BCUT2D eigenvalue weighted by molar-refractivity contribution is 0.0940. The molecule has 1 saturated heterocycles. The van der Waals surface area contributed by atoms with E-state index in [1.807, 2.05) is 4.90 Å². The molecule has 1 fully saturated rings. The molecule has 1 aromatic carbocycles. The SMILES string of the molecule is Cc1ccc(Br)cc1S(=O)(=O)NNC(=O)c1csc(N2CCOCC2)n1. The molecular weight excluding hydrogens is 444 g/mol. The van der Waals surface area contributed by atoms with Gasteiger partial charge in [-0.15, -0.1) is 16.2 Å². The van der Waals surface area contributed by atoms with Gasteiger partial charge in [0.25, 0.3) is 15.9 Å². The van der Waals surface area contributed by atoms with Crippen LogP contribution < -0.4 is 15.2 Å². The van der Waals surface area contributed by atoms with E-state index in [-0.39, 0.29) is 10.6 Å². The molecule has 0 atom stereocenters. The number of nitrogens with zero attached hydrogens (tertiary/aromatic N) is 2.